The van der Waals surface area contributed by atoms with E-state index in [0.717, 1.165) is 29.0 Å². The Kier molecular flexibility index (Phi) is 4.87. The predicted molar refractivity (Wildman–Crippen MR) is 93.4 cm³/mol. The first-order chi connectivity index (χ1) is 11.9. The quantitative estimate of drug-likeness (QED) is 0.822. The van der Waals surface area contributed by atoms with Crippen molar-refractivity contribution in [3.8, 4) is 0 Å². The molecule has 0 amide bonds. The lowest BCUT2D eigenvalue weighted by Gasteiger charge is -2.19. The topological polar surface area (TPSA) is 59.0 Å². The molecular weight excluding hydrogens is 343 g/mol. The van der Waals surface area contributed by atoms with Crippen LogP contribution in [-0.2, 0) is 14.9 Å². The number of rotatable bonds is 5. The van der Waals surface area contributed by atoms with Gasteiger partial charge in [0.15, 0.2) is 0 Å². The molecule has 1 aliphatic rings. The van der Waals surface area contributed by atoms with E-state index >= 15 is 0 Å². The fourth-order valence-corrected chi connectivity index (χ4v) is 3.82. The molecular formula is C18H19FN2O3S. The van der Waals surface area contributed by atoms with E-state index in [9.17, 15) is 12.8 Å². The van der Waals surface area contributed by atoms with E-state index in [1.165, 1.54) is 23.5 Å². The van der Waals surface area contributed by atoms with Crippen LogP contribution in [0.5, 0.6) is 0 Å². The summed E-state index contributed by atoms with van der Waals surface area (Å²) in [6, 6.07) is 12.7. The number of likely N-dealkylation sites (N-methyl/N-ethyl adjacent to an activating group) is 1. The van der Waals surface area contributed by atoms with Crippen molar-refractivity contribution in [3.05, 3.63) is 65.5 Å². The summed E-state index contributed by atoms with van der Waals surface area (Å²) in [6.07, 6.45) is 0.184. The Morgan fingerprint density at radius 3 is 2.44 bits per heavy atom. The molecule has 132 valence electrons. The predicted octanol–water partition coefficient (Wildman–Crippen LogP) is 2.95. The van der Waals surface area contributed by atoms with Crippen molar-refractivity contribution in [3.63, 3.8) is 0 Å². The molecule has 0 saturated heterocycles. The summed E-state index contributed by atoms with van der Waals surface area (Å²) in [5.74, 6) is -0.475. The number of oxime groups is 1. The van der Waals surface area contributed by atoms with Gasteiger partial charge in [-0.3, -0.25) is 0 Å². The van der Waals surface area contributed by atoms with Gasteiger partial charge >= 0.3 is 0 Å². The molecule has 25 heavy (non-hydrogen) atoms. The molecule has 1 unspecified atom stereocenters. The monoisotopic (exact) mass is 362 g/mol. The number of benzene rings is 2. The molecule has 0 aromatic heterocycles. The molecule has 5 nitrogen and oxygen atoms in total. The number of hydrogen-bond acceptors (Lipinski definition) is 4. The van der Waals surface area contributed by atoms with Crippen molar-refractivity contribution in [2.24, 2.45) is 5.16 Å². The Bertz CT molecular complexity index is 878. The van der Waals surface area contributed by atoms with Crippen molar-refractivity contribution < 1.29 is 17.6 Å². The van der Waals surface area contributed by atoms with E-state index < -0.39 is 15.8 Å². The summed E-state index contributed by atoms with van der Waals surface area (Å²) >= 11 is 0. The molecule has 0 saturated carbocycles. The van der Waals surface area contributed by atoms with Gasteiger partial charge in [0.2, 0.25) is 10.0 Å². The number of sulfonamides is 1. The zero-order valence-corrected chi connectivity index (χ0v) is 14.8. The van der Waals surface area contributed by atoms with Crippen LogP contribution in [0.3, 0.4) is 0 Å². The van der Waals surface area contributed by atoms with Crippen LogP contribution in [0.2, 0.25) is 0 Å². The molecule has 0 aliphatic carbocycles. The second-order valence-corrected chi connectivity index (χ2v) is 8.12. The minimum atomic E-state index is -3.70. The summed E-state index contributed by atoms with van der Waals surface area (Å²) in [5.41, 5.74) is 2.93. The molecule has 7 heteroatoms. The SMILES string of the molecule is Cc1ccc(C2=NOC(CN(C)S(=O)(=O)c3ccc(F)cc3)C2)cc1. The van der Waals surface area contributed by atoms with E-state index in [1.807, 2.05) is 31.2 Å². The van der Waals surface area contributed by atoms with E-state index in [0.29, 0.717) is 6.42 Å². The number of halogens is 1. The molecule has 0 spiro atoms. The third-order valence-electron chi connectivity index (χ3n) is 4.10. The van der Waals surface area contributed by atoms with Gasteiger partial charge in [0.1, 0.15) is 11.9 Å². The zero-order valence-electron chi connectivity index (χ0n) is 14.0. The molecule has 1 atom stereocenters. The van der Waals surface area contributed by atoms with E-state index in [2.05, 4.69) is 5.16 Å². The fraction of sp³-hybridized carbons (Fsp3) is 0.278. The first kappa shape index (κ1) is 17.6. The lowest BCUT2D eigenvalue weighted by atomic mass is 10.0. The molecule has 1 heterocycles. The number of nitrogens with zero attached hydrogens (tertiary/aromatic N) is 2. The second kappa shape index (κ2) is 6.93. The molecule has 0 fully saturated rings. The molecule has 3 rings (SSSR count). The lowest BCUT2D eigenvalue weighted by Crippen LogP contribution is -2.34. The largest absolute Gasteiger partial charge is 0.390 e. The molecule has 2 aromatic rings. The first-order valence-corrected chi connectivity index (χ1v) is 9.32. The molecule has 0 N–H and O–H groups in total. The smallest absolute Gasteiger partial charge is 0.242 e. The van der Waals surface area contributed by atoms with Gasteiger partial charge in [0.25, 0.3) is 0 Å². The molecule has 0 bridgehead atoms. The maximum atomic E-state index is 13.0. The maximum Gasteiger partial charge on any atom is 0.242 e. The average Bonchev–Trinajstić information content (AvgIpc) is 3.04. The van der Waals surface area contributed by atoms with Crippen molar-refractivity contribution in [2.75, 3.05) is 13.6 Å². The summed E-state index contributed by atoms with van der Waals surface area (Å²) in [7, 11) is -2.22. The van der Waals surface area contributed by atoms with Gasteiger partial charge in [0.05, 0.1) is 17.2 Å². The summed E-state index contributed by atoms with van der Waals surface area (Å²) < 4.78 is 39.3. The van der Waals surface area contributed by atoms with Gasteiger partial charge < -0.3 is 4.84 Å². The normalized spacial score (nSPS) is 17.4. The molecule has 1 aliphatic heterocycles. The Balaban J connectivity index is 1.65. The lowest BCUT2D eigenvalue weighted by molar-refractivity contribution is 0.0740. The van der Waals surface area contributed by atoms with Gasteiger partial charge in [-0.1, -0.05) is 35.0 Å². The van der Waals surface area contributed by atoms with Crippen LogP contribution >= 0.6 is 0 Å². The van der Waals surface area contributed by atoms with Gasteiger partial charge in [-0.15, -0.1) is 0 Å². The average molecular weight is 362 g/mol. The van der Waals surface area contributed by atoms with Crippen LogP contribution in [0.15, 0.2) is 58.6 Å². The van der Waals surface area contributed by atoms with Crippen LogP contribution in [0, 0.1) is 12.7 Å². The Morgan fingerprint density at radius 1 is 1.16 bits per heavy atom. The highest BCUT2D eigenvalue weighted by Gasteiger charge is 2.29. The fourth-order valence-electron chi connectivity index (χ4n) is 2.61. The van der Waals surface area contributed by atoms with Crippen LogP contribution in [0.4, 0.5) is 4.39 Å². The van der Waals surface area contributed by atoms with Crippen molar-refractivity contribution >= 4 is 15.7 Å². The Hall–Kier alpha value is -2.25. The summed E-state index contributed by atoms with van der Waals surface area (Å²) in [5, 5.41) is 4.08. The second-order valence-electron chi connectivity index (χ2n) is 6.08. The van der Waals surface area contributed by atoms with Crippen molar-refractivity contribution in [2.45, 2.75) is 24.3 Å². The van der Waals surface area contributed by atoms with Gasteiger partial charge in [0, 0.05) is 13.5 Å². The Labute approximate surface area is 146 Å². The minimum absolute atomic E-state index is 0.0501. The highest BCUT2D eigenvalue weighted by molar-refractivity contribution is 7.89. The molecule has 2 aromatic carbocycles. The highest BCUT2D eigenvalue weighted by atomic mass is 32.2. The van der Waals surface area contributed by atoms with E-state index in [1.54, 1.807) is 0 Å². The Morgan fingerprint density at radius 2 is 1.80 bits per heavy atom. The van der Waals surface area contributed by atoms with Crippen molar-refractivity contribution in [1.82, 2.24) is 4.31 Å². The van der Waals surface area contributed by atoms with Gasteiger partial charge in [-0.25, -0.2) is 12.8 Å². The van der Waals surface area contributed by atoms with Crippen LogP contribution in [-0.4, -0.2) is 38.1 Å². The zero-order chi connectivity index (χ0) is 18.0. The van der Waals surface area contributed by atoms with E-state index in [-0.39, 0.29) is 17.5 Å². The summed E-state index contributed by atoms with van der Waals surface area (Å²) in [6.45, 7) is 2.17. The van der Waals surface area contributed by atoms with Gasteiger partial charge in [-0.05, 0) is 36.8 Å². The maximum absolute atomic E-state index is 13.0. The minimum Gasteiger partial charge on any atom is -0.390 e. The van der Waals surface area contributed by atoms with E-state index in [4.69, 9.17) is 4.84 Å². The highest BCUT2D eigenvalue weighted by Crippen LogP contribution is 2.21. The standard InChI is InChI=1S/C18H19FN2O3S/c1-13-3-5-14(6-4-13)18-11-16(24-20-18)12-21(2)25(22,23)17-9-7-15(19)8-10-17/h3-10,16H,11-12H2,1-2H3. The first-order valence-electron chi connectivity index (χ1n) is 7.88. The van der Waals surface area contributed by atoms with Crippen LogP contribution in [0.1, 0.15) is 17.5 Å². The van der Waals surface area contributed by atoms with Crippen LogP contribution in [0.25, 0.3) is 0 Å². The third kappa shape index (κ3) is 3.88. The number of aryl methyl sites for hydroxylation is 1. The van der Waals surface area contributed by atoms with Crippen molar-refractivity contribution in [1.29, 1.82) is 0 Å². The van der Waals surface area contributed by atoms with Crippen LogP contribution < -0.4 is 0 Å². The summed E-state index contributed by atoms with van der Waals surface area (Å²) in [4.78, 5) is 5.44. The number of hydrogen-bond donors (Lipinski definition) is 0. The third-order valence-corrected chi connectivity index (χ3v) is 5.94. The van der Waals surface area contributed by atoms with Gasteiger partial charge in [-0.2, -0.15) is 4.31 Å². The molecule has 0 radical (unpaired) electrons.